The van der Waals surface area contributed by atoms with E-state index in [1.165, 1.54) is 0 Å². The second-order valence-electron chi connectivity index (χ2n) is 7.36. The molecule has 6 nitrogen and oxygen atoms in total. The lowest BCUT2D eigenvalue weighted by Gasteiger charge is -2.18. The highest BCUT2D eigenvalue weighted by atomic mass is 35.5. The van der Waals surface area contributed by atoms with Crippen molar-refractivity contribution in [3.8, 4) is 11.3 Å². The van der Waals surface area contributed by atoms with Gasteiger partial charge in [-0.25, -0.2) is 4.98 Å². The molecule has 2 aromatic heterocycles. The van der Waals surface area contributed by atoms with Crippen molar-refractivity contribution in [2.75, 3.05) is 25.5 Å². The molecule has 4 rings (SSSR count). The molecule has 2 heterocycles. The van der Waals surface area contributed by atoms with Crippen LogP contribution in [0.5, 0.6) is 0 Å². The second kappa shape index (κ2) is 9.63. The molecule has 0 aliphatic heterocycles. The maximum atomic E-state index is 12.5. The van der Waals surface area contributed by atoms with Gasteiger partial charge in [0.25, 0.3) is 5.91 Å². The van der Waals surface area contributed by atoms with E-state index in [4.69, 9.17) is 31.0 Å². The molecule has 1 amide bonds. The summed E-state index contributed by atoms with van der Waals surface area (Å²) < 4.78 is 1.66. The summed E-state index contributed by atoms with van der Waals surface area (Å²) >= 11 is 12.3. The van der Waals surface area contributed by atoms with Crippen LogP contribution in [0.2, 0.25) is 10.0 Å². The monoisotopic (exact) mass is 463 g/mol. The van der Waals surface area contributed by atoms with Crippen molar-refractivity contribution in [1.82, 2.24) is 19.5 Å². The van der Waals surface area contributed by atoms with E-state index in [1.54, 1.807) is 46.9 Å². The molecule has 0 bridgehead atoms. The van der Waals surface area contributed by atoms with Crippen molar-refractivity contribution in [3.05, 3.63) is 76.4 Å². The molecule has 2 radical (unpaired) electrons. The van der Waals surface area contributed by atoms with E-state index >= 15 is 0 Å². The lowest BCUT2D eigenvalue weighted by atomic mass is 10.0. The fraction of sp³-hybridized carbons (Fsp3) is 0.174. The van der Waals surface area contributed by atoms with Crippen molar-refractivity contribution >= 4 is 53.9 Å². The first kappa shape index (κ1) is 22.2. The fourth-order valence-electron chi connectivity index (χ4n) is 3.36. The molecule has 0 atom stereocenters. The van der Waals surface area contributed by atoms with Crippen LogP contribution in [0.25, 0.3) is 16.9 Å². The van der Waals surface area contributed by atoms with Crippen molar-refractivity contribution in [2.45, 2.75) is 6.42 Å². The summed E-state index contributed by atoms with van der Waals surface area (Å²) in [5, 5.41) is 8.91. The number of halogens is 2. The van der Waals surface area contributed by atoms with E-state index in [0.29, 0.717) is 45.5 Å². The third kappa shape index (κ3) is 4.74. The van der Waals surface area contributed by atoms with Crippen molar-refractivity contribution in [3.63, 3.8) is 0 Å². The fourth-order valence-corrected chi connectivity index (χ4v) is 3.72. The molecular formula is C23H20BCl2N5O. The summed E-state index contributed by atoms with van der Waals surface area (Å²) in [5.74, 6) is 0.696. The molecule has 0 spiro atoms. The minimum atomic E-state index is -0.0474. The summed E-state index contributed by atoms with van der Waals surface area (Å²) in [6.45, 7) is 1.21. The number of hydrogen-bond acceptors (Lipinski definition) is 4. The van der Waals surface area contributed by atoms with Crippen LogP contribution in [0, 0.1) is 0 Å². The Morgan fingerprint density at radius 3 is 2.66 bits per heavy atom. The average molecular weight is 464 g/mol. The normalized spacial score (nSPS) is 11.0. The van der Waals surface area contributed by atoms with Gasteiger partial charge in [0.05, 0.1) is 5.69 Å². The van der Waals surface area contributed by atoms with Gasteiger partial charge in [0.15, 0.2) is 5.65 Å². The van der Waals surface area contributed by atoms with Crippen molar-refractivity contribution in [2.24, 2.45) is 0 Å². The highest BCUT2D eigenvalue weighted by molar-refractivity contribution is 6.36. The first-order chi connectivity index (χ1) is 15.4. The van der Waals surface area contributed by atoms with Gasteiger partial charge >= 0.3 is 0 Å². The first-order valence-electron chi connectivity index (χ1n) is 10.1. The Labute approximate surface area is 197 Å². The first-order valence-corrected chi connectivity index (χ1v) is 10.8. The minimum Gasteiger partial charge on any atom is -0.370 e. The van der Waals surface area contributed by atoms with Crippen LogP contribution in [-0.4, -0.2) is 53.4 Å². The Kier molecular flexibility index (Phi) is 6.67. The molecule has 0 aliphatic carbocycles. The lowest BCUT2D eigenvalue weighted by molar-refractivity contribution is 0.0794. The second-order valence-corrected chi connectivity index (χ2v) is 8.20. The maximum Gasteiger partial charge on any atom is 0.253 e. The van der Waals surface area contributed by atoms with E-state index in [9.17, 15) is 4.79 Å². The maximum absolute atomic E-state index is 12.5. The Morgan fingerprint density at radius 2 is 1.91 bits per heavy atom. The van der Waals surface area contributed by atoms with Gasteiger partial charge in [-0.1, -0.05) is 41.4 Å². The highest BCUT2D eigenvalue weighted by Gasteiger charge is 2.13. The third-order valence-corrected chi connectivity index (χ3v) is 5.64. The predicted molar refractivity (Wildman–Crippen MR) is 130 cm³/mol. The van der Waals surface area contributed by atoms with Crippen LogP contribution in [-0.2, 0) is 0 Å². The van der Waals surface area contributed by atoms with Gasteiger partial charge in [-0.05, 0) is 42.2 Å². The summed E-state index contributed by atoms with van der Waals surface area (Å²) in [4.78, 5) is 18.9. The van der Waals surface area contributed by atoms with E-state index in [0.717, 1.165) is 17.8 Å². The molecule has 160 valence electrons. The largest absolute Gasteiger partial charge is 0.370 e. The number of anilines is 1. The number of benzene rings is 2. The topological polar surface area (TPSA) is 62.5 Å². The number of fused-ring (bicyclic) bond motifs is 1. The lowest BCUT2D eigenvalue weighted by Crippen LogP contribution is -2.28. The van der Waals surface area contributed by atoms with Gasteiger partial charge < -0.3 is 10.2 Å². The Hall–Kier alpha value is -3.03. The molecule has 0 aliphatic rings. The minimum absolute atomic E-state index is 0.0474. The van der Waals surface area contributed by atoms with Crippen LogP contribution < -0.4 is 10.8 Å². The van der Waals surface area contributed by atoms with Crippen molar-refractivity contribution < 1.29 is 4.79 Å². The summed E-state index contributed by atoms with van der Waals surface area (Å²) in [6.07, 6.45) is 2.31. The van der Waals surface area contributed by atoms with Crippen LogP contribution in [0.4, 0.5) is 5.82 Å². The number of amides is 1. The number of carbonyl (C=O) groups excluding carboxylic acids is 1. The van der Waals surface area contributed by atoms with E-state index in [2.05, 4.69) is 15.4 Å². The summed E-state index contributed by atoms with van der Waals surface area (Å²) in [7, 11) is 7.85. The zero-order valence-corrected chi connectivity index (χ0v) is 18.9. The van der Waals surface area contributed by atoms with Gasteiger partial charge in [-0.15, -0.1) is 0 Å². The Morgan fingerprint density at radius 1 is 1.16 bits per heavy atom. The molecule has 0 saturated carbocycles. The molecule has 1 N–H and O–H groups in total. The molecule has 32 heavy (non-hydrogen) atoms. The third-order valence-electron chi connectivity index (χ3n) is 5.06. The summed E-state index contributed by atoms with van der Waals surface area (Å²) in [5.41, 5.74) is 3.16. The number of nitrogens with zero attached hydrogens (tertiary/aromatic N) is 4. The molecule has 0 saturated heterocycles. The van der Waals surface area contributed by atoms with E-state index in [1.807, 2.05) is 30.3 Å². The molecule has 4 aromatic rings. The molecule has 9 heteroatoms. The van der Waals surface area contributed by atoms with Gasteiger partial charge in [0, 0.05) is 53.6 Å². The van der Waals surface area contributed by atoms with Crippen molar-refractivity contribution in [1.29, 1.82) is 0 Å². The average Bonchev–Trinajstić information content (AvgIpc) is 3.17. The van der Waals surface area contributed by atoms with Crippen LogP contribution in [0.3, 0.4) is 0 Å². The standard InChI is InChI=1S/C23H20BCl2N5O/c1-30(23(32)15-7-9-16(25)10-8-15)12-4-11-27-21-13-20(17-5-2-3-6-19(17)26)29-22-18(24)14-28-31(21)22/h2-3,5-10,13-14,27H,4,11-12H2,1H3. The van der Waals surface area contributed by atoms with Gasteiger partial charge in [-0.3, -0.25) is 4.79 Å². The Balaban J connectivity index is 1.45. The van der Waals surface area contributed by atoms with Gasteiger partial charge in [0.2, 0.25) is 0 Å². The quantitative estimate of drug-likeness (QED) is 0.331. The number of aromatic nitrogens is 3. The van der Waals surface area contributed by atoms with Gasteiger partial charge in [0.1, 0.15) is 13.7 Å². The van der Waals surface area contributed by atoms with E-state index in [-0.39, 0.29) is 5.91 Å². The predicted octanol–water partition coefficient (Wildman–Crippen LogP) is 4.07. The summed E-state index contributed by atoms with van der Waals surface area (Å²) in [6, 6.07) is 16.3. The van der Waals surface area contributed by atoms with E-state index < -0.39 is 0 Å². The smallest absolute Gasteiger partial charge is 0.253 e. The zero-order chi connectivity index (χ0) is 22.7. The molecular weight excluding hydrogens is 444 g/mol. The molecule has 0 fully saturated rings. The zero-order valence-electron chi connectivity index (χ0n) is 17.4. The van der Waals surface area contributed by atoms with Crippen LogP contribution in [0.1, 0.15) is 16.8 Å². The molecule has 0 unspecified atom stereocenters. The number of hydrogen-bond donors (Lipinski definition) is 1. The van der Waals surface area contributed by atoms with Crippen LogP contribution in [0.15, 0.2) is 60.8 Å². The SMILES string of the molecule is [B]c1cnn2c(NCCCN(C)C(=O)c3ccc(Cl)cc3)cc(-c3ccccc3Cl)nc12. The Bertz CT molecular complexity index is 1260. The highest BCUT2D eigenvalue weighted by Crippen LogP contribution is 2.28. The number of carbonyl (C=O) groups is 1. The van der Waals surface area contributed by atoms with Crippen LogP contribution >= 0.6 is 23.2 Å². The molecule has 2 aromatic carbocycles. The van der Waals surface area contributed by atoms with Gasteiger partial charge in [-0.2, -0.15) is 9.61 Å². The number of nitrogens with one attached hydrogen (secondary N) is 1. The number of rotatable bonds is 7.